The van der Waals surface area contributed by atoms with Gasteiger partial charge in [-0.25, -0.2) is 4.39 Å². The molecule has 164 valence electrons. The molecule has 32 heavy (non-hydrogen) atoms. The number of aryl methyl sites for hydroxylation is 1. The monoisotopic (exact) mass is 430 g/mol. The van der Waals surface area contributed by atoms with Gasteiger partial charge in [-0.1, -0.05) is 48.9 Å². The Morgan fingerprint density at radius 3 is 2.72 bits per heavy atom. The van der Waals surface area contributed by atoms with Gasteiger partial charge in [-0.05, 0) is 72.6 Å². The van der Waals surface area contributed by atoms with Crippen LogP contribution in [0.3, 0.4) is 0 Å². The van der Waals surface area contributed by atoms with Crippen LogP contribution in [0.4, 0.5) is 4.39 Å². The maximum Gasteiger partial charge on any atom is 0.248 e. The van der Waals surface area contributed by atoms with E-state index < -0.39 is 11.5 Å². The summed E-state index contributed by atoms with van der Waals surface area (Å²) in [7, 11) is 0. The first-order valence-corrected chi connectivity index (χ1v) is 11.1. The maximum atomic E-state index is 13.4. The van der Waals surface area contributed by atoms with E-state index in [2.05, 4.69) is 13.0 Å². The number of amides is 1. The second-order valence-electron chi connectivity index (χ2n) is 9.44. The molecule has 0 radical (unpaired) electrons. The standard InChI is InChI=1S/C27H27FN2O2/c1-26-15-19-16-30-24(18-6-8-21(28)9-7-18)23(19)14-20(26)11-13-27(26,32)12-10-17-4-2-3-5-22(17)25(29)31/h2-9,14,16,24,32H,10-13,15H2,1H3,(H2,29,31)/t24?,26?,27-/m0/s1. The minimum absolute atomic E-state index is 0.112. The van der Waals surface area contributed by atoms with Crippen LogP contribution in [0.5, 0.6) is 0 Å². The van der Waals surface area contributed by atoms with E-state index in [4.69, 9.17) is 10.7 Å². The first-order valence-electron chi connectivity index (χ1n) is 11.1. The van der Waals surface area contributed by atoms with E-state index in [1.807, 2.05) is 24.4 Å². The minimum Gasteiger partial charge on any atom is -0.389 e. The Balaban J connectivity index is 1.40. The quantitative estimate of drug-likeness (QED) is 0.712. The number of rotatable bonds is 5. The van der Waals surface area contributed by atoms with Gasteiger partial charge in [0.25, 0.3) is 0 Å². The number of nitrogens with zero attached hydrogens (tertiary/aromatic N) is 1. The fraction of sp³-hybridized carbons (Fsp3) is 0.333. The summed E-state index contributed by atoms with van der Waals surface area (Å²) in [6, 6.07) is 13.8. The lowest BCUT2D eigenvalue weighted by molar-refractivity contribution is -0.0459. The van der Waals surface area contributed by atoms with E-state index in [0.29, 0.717) is 24.8 Å². The largest absolute Gasteiger partial charge is 0.389 e. The summed E-state index contributed by atoms with van der Waals surface area (Å²) in [5.74, 6) is -0.689. The van der Waals surface area contributed by atoms with E-state index in [-0.39, 0.29) is 17.3 Å². The molecule has 0 spiro atoms. The fourth-order valence-corrected chi connectivity index (χ4v) is 5.72. The number of carbonyl (C=O) groups is 1. The van der Waals surface area contributed by atoms with Gasteiger partial charge in [-0.3, -0.25) is 9.79 Å². The molecule has 0 bridgehead atoms. The number of aliphatic imine (C=N–C) groups is 1. The smallest absolute Gasteiger partial charge is 0.248 e. The van der Waals surface area contributed by atoms with Crippen molar-refractivity contribution >= 4 is 12.1 Å². The molecule has 4 nitrogen and oxygen atoms in total. The van der Waals surface area contributed by atoms with Crippen LogP contribution < -0.4 is 5.73 Å². The average Bonchev–Trinajstić information content (AvgIpc) is 3.29. The second kappa shape index (κ2) is 7.52. The number of halogens is 1. The molecule has 2 aliphatic carbocycles. The molecule has 1 heterocycles. The summed E-state index contributed by atoms with van der Waals surface area (Å²) in [6.07, 6.45) is 7.54. The Kier molecular flexibility index (Phi) is 4.90. The Morgan fingerprint density at radius 2 is 1.97 bits per heavy atom. The molecule has 1 saturated carbocycles. The SMILES string of the molecule is CC12CC3=C(C=C1CC[C@@]2(O)CCc1ccccc1C(N)=O)C(c1ccc(F)cc1)N=C3. The molecule has 5 heteroatoms. The maximum absolute atomic E-state index is 13.4. The molecule has 0 saturated heterocycles. The van der Waals surface area contributed by atoms with Crippen molar-refractivity contribution in [3.05, 3.63) is 93.8 Å². The predicted octanol–water partition coefficient (Wildman–Crippen LogP) is 4.84. The van der Waals surface area contributed by atoms with Crippen molar-refractivity contribution in [2.24, 2.45) is 16.1 Å². The van der Waals surface area contributed by atoms with Crippen LogP contribution in [0, 0.1) is 11.2 Å². The number of allylic oxidation sites excluding steroid dienone is 1. The van der Waals surface area contributed by atoms with E-state index in [9.17, 15) is 14.3 Å². The zero-order chi connectivity index (χ0) is 22.5. The van der Waals surface area contributed by atoms with Gasteiger partial charge in [0.15, 0.2) is 0 Å². The van der Waals surface area contributed by atoms with Crippen molar-refractivity contribution in [2.45, 2.75) is 50.7 Å². The van der Waals surface area contributed by atoms with Gasteiger partial charge in [-0.15, -0.1) is 0 Å². The zero-order valence-electron chi connectivity index (χ0n) is 18.1. The minimum atomic E-state index is -0.871. The third-order valence-electron chi connectivity index (χ3n) is 7.74. The number of aliphatic hydroxyl groups is 1. The van der Waals surface area contributed by atoms with Gasteiger partial charge in [0.2, 0.25) is 5.91 Å². The van der Waals surface area contributed by atoms with Crippen LogP contribution in [-0.2, 0) is 6.42 Å². The van der Waals surface area contributed by atoms with Crippen LogP contribution in [0.15, 0.2) is 76.3 Å². The van der Waals surface area contributed by atoms with Gasteiger partial charge in [-0.2, -0.15) is 0 Å². The molecule has 3 atom stereocenters. The fourth-order valence-electron chi connectivity index (χ4n) is 5.72. The van der Waals surface area contributed by atoms with Gasteiger partial charge in [0, 0.05) is 17.2 Å². The highest BCUT2D eigenvalue weighted by Crippen LogP contribution is 2.59. The van der Waals surface area contributed by atoms with Gasteiger partial charge < -0.3 is 10.8 Å². The third kappa shape index (κ3) is 3.23. The molecule has 1 amide bonds. The Hall–Kier alpha value is -3.05. The number of hydrogen-bond acceptors (Lipinski definition) is 3. The number of hydrogen-bond donors (Lipinski definition) is 2. The van der Waals surface area contributed by atoms with Gasteiger partial charge in [0.1, 0.15) is 11.9 Å². The lowest BCUT2D eigenvalue weighted by atomic mass is 9.64. The highest BCUT2D eigenvalue weighted by molar-refractivity contribution is 5.94. The van der Waals surface area contributed by atoms with Crippen LogP contribution in [-0.4, -0.2) is 22.8 Å². The van der Waals surface area contributed by atoms with E-state index in [1.54, 1.807) is 18.2 Å². The molecule has 2 unspecified atom stereocenters. The third-order valence-corrected chi connectivity index (χ3v) is 7.74. The normalized spacial score (nSPS) is 28.5. The Bertz CT molecular complexity index is 1180. The van der Waals surface area contributed by atoms with E-state index in [0.717, 1.165) is 35.1 Å². The molecule has 0 aromatic heterocycles. The van der Waals surface area contributed by atoms with E-state index in [1.165, 1.54) is 17.7 Å². The predicted molar refractivity (Wildman–Crippen MR) is 123 cm³/mol. The number of primary amides is 1. The first-order chi connectivity index (χ1) is 15.3. The van der Waals surface area contributed by atoms with Crippen LogP contribution in [0.25, 0.3) is 0 Å². The number of benzene rings is 2. The molecular formula is C27H27FN2O2. The highest BCUT2D eigenvalue weighted by atomic mass is 19.1. The summed E-state index contributed by atoms with van der Waals surface area (Å²) in [5.41, 5.74) is 10.2. The first kappa shape index (κ1) is 20.8. The molecule has 1 fully saturated rings. The van der Waals surface area contributed by atoms with Crippen molar-refractivity contribution in [2.75, 3.05) is 0 Å². The van der Waals surface area contributed by atoms with Crippen molar-refractivity contribution < 1.29 is 14.3 Å². The zero-order valence-corrected chi connectivity index (χ0v) is 18.1. The summed E-state index contributed by atoms with van der Waals surface area (Å²) >= 11 is 0. The van der Waals surface area contributed by atoms with Crippen molar-refractivity contribution in [1.29, 1.82) is 0 Å². The van der Waals surface area contributed by atoms with Crippen LogP contribution in [0.2, 0.25) is 0 Å². The second-order valence-corrected chi connectivity index (χ2v) is 9.44. The topological polar surface area (TPSA) is 75.7 Å². The number of nitrogens with two attached hydrogens (primary N) is 1. The van der Waals surface area contributed by atoms with Crippen LogP contribution in [0.1, 0.15) is 60.1 Å². The highest BCUT2D eigenvalue weighted by Gasteiger charge is 2.55. The Labute approximate surface area is 187 Å². The number of carbonyl (C=O) groups excluding carboxylic acids is 1. The van der Waals surface area contributed by atoms with Gasteiger partial charge in [0.05, 0.1) is 5.60 Å². The molecular weight excluding hydrogens is 403 g/mol. The lowest BCUT2D eigenvalue weighted by Crippen LogP contribution is -2.44. The molecule has 5 rings (SSSR count). The summed E-state index contributed by atoms with van der Waals surface area (Å²) < 4.78 is 13.4. The molecule has 2 aromatic rings. The van der Waals surface area contributed by atoms with Crippen molar-refractivity contribution in [3.8, 4) is 0 Å². The molecule has 3 aliphatic rings. The molecule has 1 aliphatic heterocycles. The van der Waals surface area contributed by atoms with Crippen molar-refractivity contribution in [1.82, 2.24) is 0 Å². The lowest BCUT2D eigenvalue weighted by Gasteiger charge is -2.43. The summed E-state index contributed by atoms with van der Waals surface area (Å²) in [4.78, 5) is 16.5. The average molecular weight is 431 g/mol. The molecule has 3 N–H and O–H groups in total. The van der Waals surface area contributed by atoms with Crippen LogP contribution >= 0.6 is 0 Å². The van der Waals surface area contributed by atoms with Crippen molar-refractivity contribution in [3.63, 3.8) is 0 Å². The molecule has 2 aromatic carbocycles. The number of fused-ring (bicyclic) bond motifs is 1. The summed E-state index contributed by atoms with van der Waals surface area (Å²) in [6.45, 7) is 2.15. The summed E-state index contributed by atoms with van der Waals surface area (Å²) in [5, 5.41) is 11.8. The van der Waals surface area contributed by atoms with Gasteiger partial charge >= 0.3 is 0 Å². The van der Waals surface area contributed by atoms with E-state index >= 15 is 0 Å². The Morgan fingerprint density at radius 1 is 1.22 bits per heavy atom.